The Labute approximate surface area is 94.9 Å². The molecule has 1 aromatic carbocycles. The summed E-state index contributed by atoms with van der Waals surface area (Å²) < 4.78 is 0. The summed E-state index contributed by atoms with van der Waals surface area (Å²) in [5, 5.41) is 21.0. The highest BCUT2D eigenvalue weighted by molar-refractivity contribution is 5.66. The van der Waals surface area contributed by atoms with Crippen LogP contribution in [0, 0.1) is 6.92 Å². The maximum atomic E-state index is 10.3. The van der Waals surface area contributed by atoms with Crippen LogP contribution in [0.5, 0.6) is 0 Å². The summed E-state index contributed by atoms with van der Waals surface area (Å²) in [5.74, 6) is -0.880. The molecule has 88 valence electrons. The van der Waals surface area contributed by atoms with Gasteiger partial charge in [0.15, 0.2) is 0 Å². The molecule has 0 aliphatic heterocycles. The molecule has 1 aromatic rings. The maximum absolute atomic E-state index is 10.3. The van der Waals surface area contributed by atoms with Gasteiger partial charge in [-0.15, -0.1) is 0 Å². The molecule has 4 heteroatoms. The van der Waals surface area contributed by atoms with Crippen LogP contribution in [0.4, 0.5) is 5.69 Å². The van der Waals surface area contributed by atoms with E-state index in [-0.39, 0.29) is 12.8 Å². The molecule has 0 saturated carbocycles. The highest BCUT2D eigenvalue weighted by atomic mass is 16.4. The Hall–Kier alpha value is -1.55. The van der Waals surface area contributed by atoms with Crippen LogP contribution < -0.4 is 5.32 Å². The van der Waals surface area contributed by atoms with E-state index in [1.54, 1.807) is 0 Å². The fourth-order valence-corrected chi connectivity index (χ4v) is 1.30. The van der Waals surface area contributed by atoms with Crippen molar-refractivity contribution in [2.24, 2.45) is 0 Å². The summed E-state index contributed by atoms with van der Waals surface area (Å²) in [5.41, 5.74) is 2.11. The highest BCUT2D eigenvalue weighted by Gasteiger charge is 2.06. The van der Waals surface area contributed by atoms with Crippen molar-refractivity contribution in [1.82, 2.24) is 0 Å². The Kier molecular flexibility index (Phi) is 4.79. The van der Waals surface area contributed by atoms with E-state index in [4.69, 9.17) is 5.11 Å². The highest BCUT2D eigenvalue weighted by Crippen LogP contribution is 2.09. The van der Waals surface area contributed by atoms with Crippen molar-refractivity contribution in [3.8, 4) is 0 Å². The number of nitrogens with one attached hydrogen (secondary N) is 1. The van der Waals surface area contributed by atoms with Crippen molar-refractivity contribution < 1.29 is 15.0 Å². The second-order valence-electron chi connectivity index (χ2n) is 3.83. The van der Waals surface area contributed by atoms with Gasteiger partial charge in [-0.05, 0) is 25.5 Å². The minimum Gasteiger partial charge on any atom is -0.481 e. The van der Waals surface area contributed by atoms with Gasteiger partial charge in [0.1, 0.15) is 0 Å². The molecule has 1 unspecified atom stereocenters. The second kappa shape index (κ2) is 6.12. The van der Waals surface area contributed by atoms with Crippen LogP contribution >= 0.6 is 0 Å². The molecule has 0 aliphatic rings. The van der Waals surface area contributed by atoms with Crippen LogP contribution in [0.15, 0.2) is 24.3 Å². The van der Waals surface area contributed by atoms with Gasteiger partial charge >= 0.3 is 5.97 Å². The van der Waals surface area contributed by atoms with Gasteiger partial charge in [0.2, 0.25) is 0 Å². The van der Waals surface area contributed by atoms with E-state index in [1.165, 1.54) is 5.56 Å². The molecule has 1 atom stereocenters. The van der Waals surface area contributed by atoms with E-state index in [0.29, 0.717) is 6.54 Å². The number of carboxylic acid groups (broad SMARTS) is 1. The van der Waals surface area contributed by atoms with E-state index >= 15 is 0 Å². The number of carboxylic acids is 1. The van der Waals surface area contributed by atoms with E-state index in [1.807, 2.05) is 31.2 Å². The van der Waals surface area contributed by atoms with E-state index in [2.05, 4.69) is 5.32 Å². The third kappa shape index (κ3) is 4.79. The minimum absolute atomic E-state index is 0.00323. The third-order valence-electron chi connectivity index (χ3n) is 2.28. The largest absolute Gasteiger partial charge is 0.481 e. The smallest absolute Gasteiger partial charge is 0.303 e. The summed E-state index contributed by atoms with van der Waals surface area (Å²) in [6.07, 6.45) is -0.359. The summed E-state index contributed by atoms with van der Waals surface area (Å²) in [4.78, 5) is 10.3. The fourth-order valence-electron chi connectivity index (χ4n) is 1.30. The molecule has 0 spiro atoms. The summed E-state index contributed by atoms with van der Waals surface area (Å²) >= 11 is 0. The number of hydrogen-bond donors (Lipinski definition) is 3. The molecule has 0 heterocycles. The lowest BCUT2D eigenvalue weighted by Gasteiger charge is -2.11. The number of hydrogen-bond acceptors (Lipinski definition) is 3. The van der Waals surface area contributed by atoms with Gasteiger partial charge in [0, 0.05) is 18.7 Å². The number of aliphatic hydroxyl groups excluding tert-OH is 1. The van der Waals surface area contributed by atoms with Gasteiger partial charge < -0.3 is 15.5 Å². The van der Waals surface area contributed by atoms with Gasteiger partial charge in [0.05, 0.1) is 6.10 Å². The lowest BCUT2D eigenvalue weighted by atomic mass is 10.2. The van der Waals surface area contributed by atoms with Crippen LogP contribution in [-0.4, -0.2) is 28.8 Å². The Balaban J connectivity index is 2.28. The predicted molar refractivity (Wildman–Crippen MR) is 62.5 cm³/mol. The van der Waals surface area contributed by atoms with E-state index in [0.717, 1.165) is 5.69 Å². The molecule has 0 aliphatic carbocycles. The van der Waals surface area contributed by atoms with Crippen LogP contribution in [0.25, 0.3) is 0 Å². The molecule has 4 nitrogen and oxygen atoms in total. The first kappa shape index (κ1) is 12.5. The average Bonchev–Trinajstić information content (AvgIpc) is 2.25. The van der Waals surface area contributed by atoms with Crippen molar-refractivity contribution in [2.75, 3.05) is 11.9 Å². The monoisotopic (exact) mass is 223 g/mol. The first-order chi connectivity index (χ1) is 7.58. The lowest BCUT2D eigenvalue weighted by molar-refractivity contribution is -0.137. The maximum Gasteiger partial charge on any atom is 0.303 e. The quantitative estimate of drug-likeness (QED) is 0.685. The standard InChI is InChI=1S/C12H17NO3/c1-9-2-4-10(5-3-9)13-8-11(14)6-7-12(15)16/h2-5,11,13-14H,6-8H2,1H3,(H,15,16). The van der Waals surface area contributed by atoms with Gasteiger partial charge in [-0.2, -0.15) is 0 Å². The summed E-state index contributed by atoms with van der Waals surface area (Å²) in [6, 6.07) is 7.82. The molecular formula is C12H17NO3. The minimum atomic E-state index is -0.880. The zero-order chi connectivity index (χ0) is 12.0. The van der Waals surface area contributed by atoms with Gasteiger partial charge in [-0.25, -0.2) is 0 Å². The number of benzene rings is 1. The van der Waals surface area contributed by atoms with Crippen LogP contribution in [0.3, 0.4) is 0 Å². The SMILES string of the molecule is Cc1ccc(NCC(O)CCC(=O)O)cc1. The number of aryl methyl sites for hydroxylation is 1. The molecule has 0 radical (unpaired) electrons. The van der Waals surface area contributed by atoms with E-state index in [9.17, 15) is 9.90 Å². The van der Waals surface area contributed by atoms with Crippen molar-refractivity contribution in [2.45, 2.75) is 25.9 Å². The zero-order valence-corrected chi connectivity index (χ0v) is 9.31. The molecule has 3 N–H and O–H groups in total. The second-order valence-corrected chi connectivity index (χ2v) is 3.83. The third-order valence-corrected chi connectivity index (χ3v) is 2.28. The van der Waals surface area contributed by atoms with Crippen LogP contribution in [0.2, 0.25) is 0 Å². The van der Waals surface area contributed by atoms with Crippen molar-refractivity contribution in [3.63, 3.8) is 0 Å². The topological polar surface area (TPSA) is 69.6 Å². The number of carbonyl (C=O) groups is 1. The molecule has 0 saturated heterocycles. The Morgan fingerprint density at radius 3 is 2.56 bits per heavy atom. The number of anilines is 1. The molecule has 0 aromatic heterocycles. The number of aliphatic hydroxyl groups is 1. The lowest BCUT2D eigenvalue weighted by Crippen LogP contribution is -2.20. The first-order valence-electron chi connectivity index (χ1n) is 5.28. The molecule has 16 heavy (non-hydrogen) atoms. The van der Waals surface area contributed by atoms with Gasteiger partial charge in [-0.3, -0.25) is 4.79 Å². The van der Waals surface area contributed by atoms with Gasteiger partial charge in [0.25, 0.3) is 0 Å². The molecular weight excluding hydrogens is 206 g/mol. The van der Waals surface area contributed by atoms with Gasteiger partial charge in [-0.1, -0.05) is 17.7 Å². The average molecular weight is 223 g/mol. The Morgan fingerprint density at radius 1 is 1.38 bits per heavy atom. The molecule has 0 amide bonds. The van der Waals surface area contributed by atoms with Crippen LogP contribution in [0.1, 0.15) is 18.4 Å². The number of aliphatic carboxylic acids is 1. The van der Waals surface area contributed by atoms with Crippen molar-refractivity contribution in [3.05, 3.63) is 29.8 Å². The predicted octanol–water partition coefficient (Wildman–Crippen LogP) is 1.63. The first-order valence-corrected chi connectivity index (χ1v) is 5.28. The van der Waals surface area contributed by atoms with E-state index < -0.39 is 12.1 Å². The summed E-state index contributed by atoms with van der Waals surface area (Å²) in [6.45, 7) is 2.38. The zero-order valence-electron chi connectivity index (χ0n) is 9.31. The Bertz CT molecular complexity index is 335. The normalized spacial score (nSPS) is 12.1. The Morgan fingerprint density at radius 2 is 2.00 bits per heavy atom. The molecule has 0 bridgehead atoms. The summed E-state index contributed by atoms with van der Waals surface area (Å²) in [7, 11) is 0. The van der Waals surface area contributed by atoms with Crippen molar-refractivity contribution in [1.29, 1.82) is 0 Å². The molecule has 0 fully saturated rings. The fraction of sp³-hybridized carbons (Fsp3) is 0.417. The van der Waals surface area contributed by atoms with Crippen LogP contribution in [-0.2, 0) is 4.79 Å². The number of rotatable bonds is 6. The van der Waals surface area contributed by atoms with Crippen molar-refractivity contribution >= 4 is 11.7 Å². The molecule has 1 rings (SSSR count).